The normalized spacial score (nSPS) is 12.6. The van der Waals surface area contributed by atoms with E-state index >= 15 is 0 Å². The van der Waals surface area contributed by atoms with Crippen molar-refractivity contribution >= 4 is 21.6 Å². The van der Waals surface area contributed by atoms with E-state index < -0.39 is 6.10 Å². The zero-order valence-corrected chi connectivity index (χ0v) is 16.7. The van der Waals surface area contributed by atoms with Gasteiger partial charge in [0, 0.05) is 23.1 Å². The van der Waals surface area contributed by atoms with Crippen molar-refractivity contribution in [1.82, 2.24) is 14.9 Å². The van der Waals surface area contributed by atoms with Gasteiger partial charge in [-0.25, -0.2) is 4.98 Å². The van der Waals surface area contributed by atoms with Crippen molar-refractivity contribution in [1.29, 1.82) is 0 Å². The molecule has 0 fully saturated rings. The number of thiophene rings is 1. The molecule has 0 saturated carbocycles. The van der Waals surface area contributed by atoms with E-state index in [1.54, 1.807) is 14.0 Å². The molecular formula is C20H25N3O3S. The fraction of sp³-hybridized carbons (Fsp3) is 0.400. The van der Waals surface area contributed by atoms with Gasteiger partial charge >= 0.3 is 0 Å². The zero-order valence-electron chi connectivity index (χ0n) is 15.9. The number of rotatable bonds is 8. The van der Waals surface area contributed by atoms with E-state index in [1.165, 1.54) is 11.3 Å². The van der Waals surface area contributed by atoms with Crippen molar-refractivity contribution in [2.24, 2.45) is 0 Å². The molecule has 27 heavy (non-hydrogen) atoms. The number of hydrogen-bond acceptors (Lipinski definition) is 6. The first kappa shape index (κ1) is 19.5. The highest BCUT2D eigenvalue weighted by atomic mass is 32.1. The average Bonchev–Trinajstić information content (AvgIpc) is 3.05. The zero-order chi connectivity index (χ0) is 19.4. The summed E-state index contributed by atoms with van der Waals surface area (Å²) in [6.07, 6.45) is 0.543. The Hall–Kier alpha value is -2.22. The molecule has 2 N–H and O–H groups in total. The van der Waals surface area contributed by atoms with Crippen LogP contribution in [0.3, 0.4) is 0 Å². The molecule has 1 atom stereocenters. The fourth-order valence-corrected chi connectivity index (χ4v) is 4.23. The van der Waals surface area contributed by atoms with Crippen LogP contribution in [0.15, 0.2) is 34.4 Å². The lowest BCUT2D eigenvalue weighted by atomic mass is 10.1. The molecule has 0 saturated heterocycles. The number of nitrogens with one attached hydrogen (secondary N) is 1. The van der Waals surface area contributed by atoms with Crippen molar-refractivity contribution in [3.8, 4) is 16.9 Å². The number of ether oxygens (including phenoxy) is 1. The third-order valence-electron chi connectivity index (χ3n) is 4.33. The van der Waals surface area contributed by atoms with Crippen molar-refractivity contribution in [2.45, 2.75) is 32.9 Å². The summed E-state index contributed by atoms with van der Waals surface area (Å²) in [6, 6.07) is 7.66. The highest BCUT2D eigenvalue weighted by Gasteiger charge is 2.17. The SMILES string of the molecule is CCCN(Cc1nc2scc(-c3ccccc3OC)c2c(=O)[nH]1)CC(C)O. The Kier molecular flexibility index (Phi) is 6.26. The van der Waals surface area contributed by atoms with Gasteiger partial charge in [0.15, 0.2) is 0 Å². The van der Waals surface area contributed by atoms with Gasteiger partial charge in [0.05, 0.1) is 25.1 Å². The van der Waals surface area contributed by atoms with E-state index in [1.807, 2.05) is 29.6 Å². The number of aromatic amines is 1. The third-order valence-corrected chi connectivity index (χ3v) is 5.20. The molecule has 0 aliphatic carbocycles. The van der Waals surface area contributed by atoms with E-state index in [-0.39, 0.29) is 5.56 Å². The van der Waals surface area contributed by atoms with Gasteiger partial charge in [0.2, 0.25) is 0 Å². The summed E-state index contributed by atoms with van der Waals surface area (Å²) < 4.78 is 5.44. The maximum atomic E-state index is 12.8. The summed E-state index contributed by atoms with van der Waals surface area (Å²) in [4.78, 5) is 23.2. The number of aliphatic hydroxyl groups excluding tert-OH is 1. The second-order valence-electron chi connectivity index (χ2n) is 6.63. The van der Waals surface area contributed by atoms with Gasteiger partial charge in [-0.2, -0.15) is 0 Å². The van der Waals surface area contributed by atoms with Gasteiger partial charge in [0.1, 0.15) is 16.4 Å². The van der Waals surface area contributed by atoms with Gasteiger partial charge in [-0.1, -0.05) is 25.1 Å². The molecular weight excluding hydrogens is 362 g/mol. The molecule has 0 aliphatic heterocycles. The van der Waals surface area contributed by atoms with E-state index in [4.69, 9.17) is 4.74 Å². The van der Waals surface area contributed by atoms with Crippen LogP contribution in [-0.4, -0.2) is 46.3 Å². The first-order valence-electron chi connectivity index (χ1n) is 9.07. The predicted molar refractivity (Wildman–Crippen MR) is 109 cm³/mol. The minimum Gasteiger partial charge on any atom is -0.496 e. The van der Waals surface area contributed by atoms with E-state index in [9.17, 15) is 9.90 Å². The van der Waals surface area contributed by atoms with Crippen molar-refractivity contribution in [3.05, 3.63) is 45.8 Å². The van der Waals surface area contributed by atoms with Crippen LogP contribution in [0.5, 0.6) is 5.75 Å². The molecule has 144 valence electrons. The highest BCUT2D eigenvalue weighted by Crippen LogP contribution is 2.36. The lowest BCUT2D eigenvalue weighted by Crippen LogP contribution is -2.32. The molecule has 7 heteroatoms. The molecule has 0 bridgehead atoms. The molecule has 3 aromatic rings. The van der Waals surface area contributed by atoms with Crippen LogP contribution in [0.1, 0.15) is 26.1 Å². The molecule has 1 aromatic carbocycles. The second-order valence-corrected chi connectivity index (χ2v) is 7.48. The van der Waals surface area contributed by atoms with Crippen molar-refractivity contribution in [2.75, 3.05) is 20.2 Å². The molecule has 2 heterocycles. The maximum Gasteiger partial charge on any atom is 0.260 e. The number of aliphatic hydroxyl groups is 1. The van der Waals surface area contributed by atoms with Gasteiger partial charge in [0.25, 0.3) is 5.56 Å². The minimum atomic E-state index is -0.425. The first-order valence-corrected chi connectivity index (χ1v) is 9.95. The first-order chi connectivity index (χ1) is 13.0. The number of aromatic nitrogens is 2. The van der Waals surface area contributed by atoms with E-state index in [2.05, 4.69) is 21.8 Å². The predicted octanol–water partition coefficient (Wildman–Crippen LogP) is 3.25. The lowest BCUT2D eigenvalue weighted by molar-refractivity contribution is 0.121. The van der Waals surface area contributed by atoms with Crippen LogP contribution in [0.4, 0.5) is 0 Å². The summed E-state index contributed by atoms with van der Waals surface area (Å²) in [7, 11) is 1.62. The Bertz CT molecular complexity index is 965. The Labute approximate surface area is 162 Å². The number of methoxy groups -OCH3 is 1. The molecule has 0 amide bonds. The number of benzene rings is 1. The lowest BCUT2D eigenvalue weighted by Gasteiger charge is -2.22. The van der Waals surface area contributed by atoms with Crippen molar-refractivity contribution in [3.63, 3.8) is 0 Å². The minimum absolute atomic E-state index is 0.148. The van der Waals surface area contributed by atoms with Gasteiger partial charge in [-0.05, 0) is 26.0 Å². The Morgan fingerprint density at radius 3 is 2.81 bits per heavy atom. The maximum absolute atomic E-state index is 12.8. The van der Waals surface area contributed by atoms with E-state index in [0.717, 1.165) is 29.8 Å². The van der Waals surface area contributed by atoms with Crippen LogP contribution in [0.25, 0.3) is 21.3 Å². The largest absolute Gasteiger partial charge is 0.496 e. The van der Waals surface area contributed by atoms with Gasteiger partial charge < -0.3 is 14.8 Å². The molecule has 2 aromatic heterocycles. The smallest absolute Gasteiger partial charge is 0.260 e. The third kappa shape index (κ3) is 4.37. The van der Waals surface area contributed by atoms with Gasteiger partial charge in [-0.15, -0.1) is 11.3 Å². The summed E-state index contributed by atoms with van der Waals surface area (Å²) in [5, 5.41) is 12.2. The second kappa shape index (κ2) is 8.65. The Morgan fingerprint density at radius 2 is 2.11 bits per heavy atom. The van der Waals surface area contributed by atoms with E-state index in [0.29, 0.717) is 29.1 Å². The number of hydrogen-bond donors (Lipinski definition) is 2. The van der Waals surface area contributed by atoms with Crippen LogP contribution in [0.2, 0.25) is 0 Å². The van der Waals surface area contributed by atoms with Crippen LogP contribution in [0, 0.1) is 0 Å². The quantitative estimate of drug-likeness (QED) is 0.620. The molecule has 6 nitrogen and oxygen atoms in total. The average molecular weight is 388 g/mol. The highest BCUT2D eigenvalue weighted by molar-refractivity contribution is 7.17. The molecule has 0 spiro atoms. The topological polar surface area (TPSA) is 78.5 Å². The number of H-pyrrole nitrogens is 1. The fourth-order valence-electron chi connectivity index (χ4n) is 3.27. The molecule has 3 rings (SSSR count). The summed E-state index contributed by atoms with van der Waals surface area (Å²) in [5.74, 6) is 1.35. The summed E-state index contributed by atoms with van der Waals surface area (Å²) in [6.45, 7) is 5.75. The van der Waals surface area contributed by atoms with Crippen LogP contribution < -0.4 is 10.3 Å². The molecule has 0 radical (unpaired) electrons. The monoisotopic (exact) mass is 387 g/mol. The molecule has 0 aliphatic rings. The molecule has 1 unspecified atom stereocenters. The standard InChI is InChI=1S/C20H25N3O3S/c1-4-9-23(10-13(2)24)11-17-21-19(25)18-15(12-27-20(18)22-17)14-7-5-6-8-16(14)26-3/h5-8,12-13,24H,4,9-11H2,1-3H3,(H,21,22,25). The Morgan fingerprint density at radius 1 is 1.33 bits per heavy atom. The summed E-state index contributed by atoms with van der Waals surface area (Å²) >= 11 is 1.46. The number of fused-ring (bicyclic) bond motifs is 1. The summed E-state index contributed by atoms with van der Waals surface area (Å²) in [5.41, 5.74) is 1.57. The Balaban J connectivity index is 1.98. The number of para-hydroxylation sites is 1. The van der Waals surface area contributed by atoms with Gasteiger partial charge in [-0.3, -0.25) is 9.69 Å². The van der Waals surface area contributed by atoms with Crippen molar-refractivity contribution < 1.29 is 9.84 Å². The number of nitrogens with zero attached hydrogens (tertiary/aromatic N) is 2. The van der Waals surface area contributed by atoms with Crippen LogP contribution in [-0.2, 0) is 6.54 Å². The van der Waals surface area contributed by atoms with Crippen LogP contribution >= 0.6 is 11.3 Å².